The largest absolute Gasteiger partial charge is 0.416 e. The van der Waals surface area contributed by atoms with E-state index in [9.17, 15) is 22.4 Å². The van der Waals surface area contributed by atoms with Gasteiger partial charge in [-0.15, -0.1) is 0 Å². The molecule has 0 heterocycles. The normalized spacial score (nSPS) is 11.5. The minimum Gasteiger partial charge on any atom is -0.339 e. The van der Waals surface area contributed by atoms with E-state index in [0.717, 1.165) is 0 Å². The molecule has 0 aliphatic heterocycles. The molecule has 0 fully saturated rings. The van der Waals surface area contributed by atoms with E-state index in [4.69, 9.17) is 5.73 Å². The minimum atomic E-state index is -4.61. The van der Waals surface area contributed by atoms with Gasteiger partial charge in [0.05, 0.1) is 11.1 Å². The van der Waals surface area contributed by atoms with Crippen LogP contribution in [0.4, 0.5) is 17.6 Å². The number of hydrogen-bond donors (Lipinski definition) is 1. The number of benzene rings is 1. The fourth-order valence-electron chi connectivity index (χ4n) is 1.72. The molecule has 1 aromatic carbocycles. The van der Waals surface area contributed by atoms with E-state index >= 15 is 0 Å². The lowest BCUT2D eigenvalue weighted by atomic mass is 10.1. The summed E-state index contributed by atoms with van der Waals surface area (Å²) in [5.74, 6) is -1.72. The lowest BCUT2D eigenvalue weighted by molar-refractivity contribution is -0.137. The summed E-state index contributed by atoms with van der Waals surface area (Å²) >= 11 is 0. The van der Waals surface area contributed by atoms with E-state index in [1.807, 2.05) is 0 Å². The van der Waals surface area contributed by atoms with Gasteiger partial charge in [-0.2, -0.15) is 13.2 Å². The lowest BCUT2D eigenvalue weighted by Gasteiger charge is -2.21. The minimum absolute atomic E-state index is 0.272. The van der Waals surface area contributed by atoms with Gasteiger partial charge < -0.3 is 10.6 Å². The first kappa shape index (κ1) is 16.4. The van der Waals surface area contributed by atoms with E-state index in [1.165, 1.54) is 4.90 Å². The molecule has 1 rings (SSSR count). The molecule has 0 radical (unpaired) electrons. The van der Waals surface area contributed by atoms with Crippen molar-refractivity contribution < 1.29 is 22.4 Å². The van der Waals surface area contributed by atoms with Gasteiger partial charge in [-0.1, -0.05) is 0 Å². The van der Waals surface area contributed by atoms with Gasteiger partial charge in [0.1, 0.15) is 5.82 Å². The maximum atomic E-state index is 13.6. The highest BCUT2D eigenvalue weighted by Crippen LogP contribution is 2.30. The summed E-state index contributed by atoms with van der Waals surface area (Å²) in [6, 6.07) is 1.82. The summed E-state index contributed by atoms with van der Waals surface area (Å²) in [5, 5.41) is 0. The second kappa shape index (κ2) is 6.69. The summed E-state index contributed by atoms with van der Waals surface area (Å²) in [6.45, 7) is 2.56. The van der Waals surface area contributed by atoms with Crippen molar-refractivity contribution in [2.45, 2.75) is 19.5 Å². The van der Waals surface area contributed by atoms with Gasteiger partial charge in [-0.05, 0) is 38.1 Å². The molecular weight excluding hydrogens is 276 g/mol. The van der Waals surface area contributed by atoms with Crippen molar-refractivity contribution in [3.8, 4) is 0 Å². The summed E-state index contributed by atoms with van der Waals surface area (Å²) in [7, 11) is 0. The molecule has 0 aliphatic rings. The van der Waals surface area contributed by atoms with Crippen LogP contribution in [-0.2, 0) is 6.18 Å². The molecule has 7 heteroatoms. The van der Waals surface area contributed by atoms with E-state index in [0.29, 0.717) is 31.2 Å². The molecular formula is C13H16F4N2O. The molecule has 20 heavy (non-hydrogen) atoms. The third-order valence-electron chi connectivity index (χ3n) is 2.83. The fourth-order valence-corrected chi connectivity index (χ4v) is 1.72. The van der Waals surface area contributed by atoms with E-state index in [2.05, 4.69) is 0 Å². The number of nitrogens with zero attached hydrogens (tertiary/aromatic N) is 1. The van der Waals surface area contributed by atoms with Gasteiger partial charge in [-0.25, -0.2) is 4.39 Å². The number of alkyl halides is 3. The average Bonchev–Trinajstić information content (AvgIpc) is 2.38. The summed E-state index contributed by atoms with van der Waals surface area (Å²) in [5.41, 5.74) is 3.71. The Morgan fingerprint density at radius 3 is 2.50 bits per heavy atom. The Balaban J connectivity index is 3.07. The topological polar surface area (TPSA) is 46.3 Å². The second-order valence-electron chi connectivity index (χ2n) is 4.22. The van der Waals surface area contributed by atoms with Gasteiger partial charge in [0.15, 0.2) is 0 Å². The van der Waals surface area contributed by atoms with Crippen LogP contribution in [0.15, 0.2) is 18.2 Å². The van der Waals surface area contributed by atoms with Crippen molar-refractivity contribution in [2.75, 3.05) is 19.6 Å². The average molecular weight is 292 g/mol. The molecule has 0 atom stereocenters. The monoisotopic (exact) mass is 292 g/mol. The van der Waals surface area contributed by atoms with Gasteiger partial charge >= 0.3 is 6.18 Å². The Kier molecular flexibility index (Phi) is 5.50. The van der Waals surface area contributed by atoms with Crippen LogP contribution in [-0.4, -0.2) is 30.4 Å². The molecule has 0 bridgehead atoms. The molecule has 2 N–H and O–H groups in total. The second-order valence-corrected chi connectivity index (χ2v) is 4.22. The van der Waals surface area contributed by atoms with Crippen LogP contribution in [0.5, 0.6) is 0 Å². The highest BCUT2D eigenvalue weighted by molar-refractivity contribution is 5.94. The van der Waals surface area contributed by atoms with Crippen LogP contribution in [0.1, 0.15) is 29.3 Å². The van der Waals surface area contributed by atoms with Gasteiger partial charge in [0.2, 0.25) is 0 Å². The smallest absolute Gasteiger partial charge is 0.339 e. The highest BCUT2D eigenvalue weighted by atomic mass is 19.4. The molecule has 3 nitrogen and oxygen atoms in total. The van der Waals surface area contributed by atoms with E-state index < -0.39 is 29.0 Å². The number of amides is 1. The van der Waals surface area contributed by atoms with Gasteiger partial charge in [0.25, 0.3) is 5.91 Å². The van der Waals surface area contributed by atoms with Crippen LogP contribution in [0.25, 0.3) is 0 Å². The number of carbonyl (C=O) groups excluding carboxylic acids is 1. The molecule has 1 aromatic rings. The predicted octanol–water partition coefficient (Wildman–Crippen LogP) is 2.66. The molecule has 0 spiro atoms. The van der Waals surface area contributed by atoms with Crippen LogP contribution in [0.2, 0.25) is 0 Å². The molecule has 0 saturated carbocycles. The van der Waals surface area contributed by atoms with Gasteiger partial charge in [-0.3, -0.25) is 4.79 Å². The molecule has 0 aromatic heterocycles. The van der Waals surface area contributed by atoms with E-state index in [1.54, 1.807) is 6.92 Å². The first-order valence-corrected chi connectivity index (χ1v) is 6.17. The zero-order valence-corrected chi connectivity index (χ0v) is 11.0. The molecule has 112 valence electrons. The molecule has 0 saturated heterocycles. The fraction of sp³-hybridized carbons (Fsp3) is 0.462. The Morgan fingerprint density at radius 1 is 1.35 bits per heavy atom. The number of nitrogens with two attached hydrogens (primary N) is 1. The summed E-state index contributed by atoms with van der Waals surface area (Å²) in [4.78, 5) is 13.3. The Hall–Kier alpha value is -1.63. The quantitative estimate of drug-likeness (QED) is 0.848. The van der Waals surface area contributed by atoms with Crippen LogP contribution in [0.3, 0.4) is 0 Å². The zero-order valence-electron chi connectivity index (χ0n) is 11.0. The number of rotatable bonds is 5. The van der Waals surface area contributed by atoms with Crippen molar-refractivity contribution in [1.82, 2.24) is 4.90 Å². The van der Waals surface area contributed by atoms with E-state index in [-0.39, 0.29) is 13.1 Å². The number of carbonyl (C=O) groups is 1. The summed E-state index contributed by atoms with van der Waals surface area (Å²) < 4.78 is 51.3. The van der Waals surface area contributed by atoms with Crippen molar-refractivity contribution in [3.63, 3.8) is 0 Å². The standard InChI is InChI=1S/C13H16F4N2O/c1-2-19(7-3-6-18)12(20)10-8-9(13(15,16)17)4-5-11(10)14/h4-5,8H,2-3,6-7,18H2,1H3. The Morgan fingerprint density at radius 2 is 2.00 bits per heavy atom. The third-order valence-corrected chi connectivity index (χ3v) is 2.83. The molecule has 1 amide bonds. The predicted molar refractivity (Wildman–Crippen MR) is 66.7 cm³/mol. The highest BCUT2D eigenvalue weighted by Gasteiger charge is 2.32. The number of halogens is 4. The van der Waals surface area contributed by atoms with Gasteiger partial charge in [0, 0.05) is 13.1 Å². The number of hydrogen-bond acceptors (Lipinski definition) is 2. The Labute approximate surface area is 114 Å². The van der Waals surface area contributed by atoms with Crippen molar-refractivity contribution in [3.05, 3.63) is 35.1 Å². The van der Waals surface area contributed by atoms with Crippen LogP contribution >= 0.6 is 0 Å². The zero-order chi connectivity index (χ0) is 15.3. The SMILES string of the molecule is CCN(CCCN)C(=O)c1cc(C(F)(F)F)ccc1F. The molecule has 0 aliphatic carbocycles. The van der Waals surface area contributed by atoms with Crippen LogP contribution < -0.4 is 5.73 Å². The third kappa shape index (κ3) is 3.93. The first-order chi connectivity index (χ1) is 9.31. The maximum absolute atomic E-state index is 13.6. The van der Waals surface area contributed by atoms with Crippen molar-refractivity contribution in [1.29, 1.82) is 0 Å². The molecule has 0 unspecified atom stereocenters. The Bertz CT molecular complexity index is 474. The first-order valence-electron chi connectivity index (χ1n) is 6.17. The van der Waals surface area contributed by atoms with Crippen LogP contribution in [0, 0.1) is 5.82 Å². The summed E-state index contributed by atoms with van der Waals surface area (Å²) in [6.07, 6.45) is -4.11. The van der Waals surface area contributed by atoms with Crippen molar-refractivity contribution >= 4 is 5.91 Å². The van der Waals surface area contributed by atoms with Crippen molar-refractivity contribution in [2.24, 2.45) is 5.73 Å². The maximum Gasteiger partial charge on any atom is 0.416 e. The lowest BCUT2D eigenvalue weighted by Crippen LogP contribution is -2.33.